The number of ether oxygens (including phenoxy) is 2. The van der Waals surface area contributed by atoms with Crippen LogP contribution in [-0.2, 0) is 14.3 Å². The van der Waals surface area contributed by atoms with Crippen molar-refractivity contribution in [3.05, 3.63) is 12.2 Å². The summed E-state index contributed by atoms with van der Waals surface area (Å²) in [6.45, 7) is 15.9. The van der Waals surface area contributed by atoms with Crippen LogP contribution in [-0.4, -0.2) is 34.4 Å². The first-order chi connectivity index (χ1) is 9.94. The Morgan fingerprint density at radius 2 is 1.82 bits per heavy atom. The second-order valence-electron chi connectivity index (χ2n) is 6.93. The van der Waals surface area contributed by atoms with Crippen molar-refractivity contribution in [1.82, 2.24) is 3.11 Å². The molecule has 0 aliphatic carbocycles. The van der Waals surface area contributed by atoms with Crippen molar-refractivity contribution in [2.45, 2.75) is 54.1 Å². The van der Waals surface area contributed by atoms with Gasteiger partial charge < -0.3 is 9.47 Å². The van der Waals surface area contributed by atoms with Gasteiger partial charge in [-0.15, -0.1) is 0 Å². The molecule has 0 rings (SSSR count). The van der Waals surface area contributed by atoms with Crippen molar-refractivity contribution in [3.8, 4) is 0 Å². The normalized spacial score (nSPS) is 12.7. The Morgan fingerprint density at radius 1 is 1.27 bits per heavy atom. The summed E-state index contributed by atoms with van der Waals surface area (Å²) in [6.07, 6.45) is 0.253. The number of esters is 1. The zero-order valence-electron chi connectivity index (χ0n) is 14.4. The summed E-state index contributed by atoms with van der Waals surface area (Å²) in [5.74, 6) is -0.208. The summed E-state index contributed by atoms with van der Waals surface area (Å²) in [4.78, 5) is 23.4. The Kier molecular flexibility index (Phi) is 9.04. The van der Waals surface area contributed by atoms with Gasteiger partial charge in [-0.1, -0.05) is 41.2 Å². The fraction of sp³-hybridized carbons (Fsp3) is 0.750. The van der Waals surface area contributed by atoms with Gasteiger partial charge in [0, 0.05) is 5.57 Å². The molecule has 0 aliphatic rings. The minimum Gasteiger partial charge on any atom is -0.460 e. The first-order valence-electron chi connectivity index (χ1n) is 7.40. The number of amides is 1. The van der Waals surface area contributed by atoms with Gasteiger partial charge in [0.05, 0.1) is 29.4 Å². The van der Waals surface area contributed by atoms with E-state index in [0.29, 0.717) is 5.57 Å². The van der Waals surface area contributed by atoms with Crippen LogP contribution in [0.4, 0.5) is 4.79 Å². The monoisotopic (exact) mass is 425 g/mol. The lowest BCUT2D eigenvalue weighted by Crippen LogP contribution is -2.34. The van der Waals surface area contributed by atoms with Crippen molar-refractivity contribution in [2.75, 3.05) is 13.2 Å². The number of hydrogen-bond donors (Lipinski definition) is 0. The third-order valence-electron chi connectivity index (χ3n) is 2.88. The van der Waals surface area contributed by atoms with Crippen LogP contribution in [0, 0.1) is 11.3 Å². The molecule has 0 aromatic rings. The van der Waals surface area contributed by atoms with Crippen molar-refractivity contribution in [1.29, 1.82) is 0 Å². The second-order valence-corrected chi connectivity index (χ2v) is 8.10. The minimum atomic E-state index is -0.453. The van der Waals surface area contributed by atoms with Crippen molar-refractivity contribution >= 4 is 34.9 Å². The van der Waals surface area contributed by atoms with Crippen LogP contribution in [0.1, 0.15) is 48.0 Å². The van der Waals surface area contributed by atoms with Crippen LogP contribution < -0.4 is 0 Å². The number of rotatable bonds is 7. The molecule has 0 aliphatic heterocycles. The van der Waals surface area contributed by atoms with E-state index in [0.717, 1.165) is 6.42 Å². The molecular formula is C16H28INO4. The zero-order chi connectivity index (χ0) is 17.5. The van der Waals surface area contributed by atoms with E-state index in [9.17, 15) is 9.59 Å². The molecule has 0 aromatic heterocycles. The lowest BCUT2D eigenvalue weighted by atomic mass is 9.85. The Hall–Kier alpha value is -0.790. The maximum atomic E-state index is 12.1. The van der Waals surface area contributed by atoms with E-state index in [4.69, 9.17) is 9.47 Å². The molecule has 0 heterocycles. The summed E-state index contributed by atoms with van der Waals surface area (Å²) in [7, 11) is 0. The van der Waals surface area contributed by atoms with Gasteiger partial charge in [-0.25, -0.2) is 12.7 Å². The van der Waals surface area contributed by atoms with Crippen LogP contribution in [0.3, 0.4) is 0 Å². The maximum absolute atomic E-state index is 12.1. The standard InChI is InChI=1S/C16H28INO4/c1-11(2)13(10-16(5,6)7)22-15(20)18(17)8-9-21-14(19)12(3)4/h11,13H,3,8-10H2,1-2,4-7H3. The Labute approximate surface area is 147 Å². The maximum Gasteiger partial charge on any atom is 0.419 e. The number of halogens is 1. The van der Waals surface area contributed by atoms with E-state index in [2.05, 4.69) is 27.4 Å². The van der Waals surface area contributed by atoms with Gasteiger partial charge >= 0.3 is 12.1 Å². The molecule has 0 aromatic carbocycles. The highest BCUT2D eigenvalue weighted by Gasteiger charge is 2.26. The largest absolute Gasteiger partial charge is 0.460 e. The molecule has 0 fully saturated rings. The summed E-state index contributed by atoms with van der Waals surface area (Å²) in [6, 6.07) is 0. The molecule has 0 spiro atoms. The molecule has 0 saturated heterocycles. The van der Waals surface area contributed by atoms with Gasteiger partial charge in [0.1, 0.15) is 12.7 Å². The van der Waals surface area contributed by atoms with Crippen molar-refractivity contribution in [2.24, 2.45) is 11.3 Å². The van der Waals surface area contributed by atoms with E-state index in [-0.39, 0.29) is 30.6 Å². The summed E-state index contributed by atoms with van der Waals surface area (Å²) >= 11 is 1.87. The van der Waals surface area contributed by atoms with Gasteiger partial charge in [0.25, 0.3) is 0 Å². The highest BCUT2D eigenvalue weighted by atomic mass is 127. The summed E-state index contributed by atoms with van der Waals surface area (Å²) in [5, 5.41) is 0. The van der Waals surface area contributed by atoms with Crippen LogP contribution in [0.5, 0.6) is 0 Å². The van der Waals surface area contributed by atoms with Crippen LogP contribution >= 0.6 is 22.9 Å². The molecule has 1 amide bonds. The molecule has 5 nitrogen and oxygen atoms in total. The SMILES string of the molecule is C=C(C)C(=O)OCCN(I)C(=O)OC(CC(C)(C)C)C(C)C. The molecule has 1 atom stereocenters. The first-order valence-corrected chi connectivity index (χ1v) is 8.37. The molecular weight excluding hydrogens is 397 g/mol. The Morgan fingerprint density at radius 3 is 2.23 bits per heavy atom. The number of carbonyl (C=O) groups is 2. The summed E-state index contributed by atoms with van der Waals surface area (Å²) in [5.41, 5.74) is 0.426. The van der Waals surface area contributed by atoms with Gasteiger partial charge in [-0.05, 0) is 24.7 Å². The quantitative estimate of drug-likeness (QED) is 0.263. The van der Waals surface area contributed by atoms with E-state index >= 15 is 0 Å². The fourth-order valence-corrected chi connectivity index (χ4v) is 1.95. The second kappa shape index (κ2) is 9.37. The third-order valence-corrected chi connectivity index (χ3v) is 3.75. The average Bonchev–Trinajstić information content (AvgIpc) is 2.35. The van der Waals surface area contributed by atoms with Gasteiger partial charge in [-0.3, -0.25) is 0 Å². The lowest BCUT2D eigenvalue weighted by molar-refractivity contribution is -0.139. The van der Waals surface area contributed by atoms with Crippen LogP contribution in [0.25, 0.3) is 0 Å². The van der Waals surface area contributed by atoms with E-state index in [1.165, 1.54) is 3.11 Å². The number of carbonyl (C=O) groups excluding carboxylic acids is 2. The third kappa shape index (κ3) is 9.27. The van der Waals surface area contributed by atoms with Crippen molar-refractivity contribution in [3.63, 3.8) is 0 Å². The Balaban J connectivity index is 4.37. The van der Waals surface area contributed by atoms with Gasteiger partial charge in [-0.2, -0.15) is 0 Å². The number of nitrogens with zero attached hydrogens (tertiary/aromatic N) is 1. The average molecular weight is 425 g/mol. The molecule has 22 heavy (non-hydrogen) atoms. The highest BCUT2D eigenvalue weighted by molar-refractivity contribution is 14.1. The fourth-order valence-electron chi connectivity index (χ4n) is 1.64. The van der Waals surface area contributed by atoms with Gasteiger partial charge in [0.15, 0.2) is 0 Å². The van der Waals surface area contributed by atoms with E-state index < -0.39 is 12.1 Å². The molecule has 0 N–H and O–H groups in total. The van der Waals surface area contributed by atoms with Gasteiger partial charge in [0.2, 0.25) is 0 Å². The molecule has 1 unspecified atom stereocenters. The summed E-state index contributed by atoms with van der Waals surface area (Å²) < 4.78 is 11.9. The lowest BCUT2D eigenvalue weighted by Gasteiger charge is -2.29. The zero-order valence-corrected chi connectivity index (χ0v) is 16.6. The van der Waals surface area contributed by atoms with Crippen LogP contribution in [0.15, 0.2) is 12.2 Å². The molecule has 128 valence electrons. The van der Waals surface area contributed by atoms with E-state index in [1.807, 2.05) is 36.7 Å². The highest BCUT2D eigenvalue weighted by Crippen LogP contribution is 2.26. The molecule has 6 heteroatoms. The number of hydrogen-bond acceptors (Lipinski definition) is 4. The smallest absolute Gasteiger partial charge is 0.419 e. The topological polar surface area (TPSA) is 55.8 Å². The van der Waals surface area contributed by atoms with Crippen LogP contribution in [0.2, 0.25) is 0 Å². The molecule has 0 radical (unpaired) electrons. The first kappa shape index (κ1) is 21.2. The van der Waals surface area contributed by atoms with E-state index in [1.54, 1.807) is 6.92 Å². The molecule has 0 saturated carbocycles. The predicted octanol–water partition coefficient (Wildman–Crippen LogP) is 4.36. The minimum absolute atomic E-state index is 0.0857. The Bertz CT molecular complexity index is 401. The molecule has 0 bridgehead atoms. The van der Waals surface area contributed by atoms with Crippen molar-refractivity contribution < 1.29 is 19.1 Å². The predicted molar refractivity (Wildman–Crippen MR) is 95.7 cm³/mol.